The first kappa shape index (κ1) is 13.7. The monoisotopic (exact) mass is 259 g/mol. The second-order valence-electron chi connectivity index (χ2n) is 5.38. The molecule has 1 N–H and O–H groups in total. The number of aliphatic hydroxyl groups excluding tert-OH is 1. The molecule has 0 spiro atoms. The molecule has 0 amide bonds. The SMILES string of the molecule is Cc1ccc(Cn2nnc(CO)c2CC(C)C)cc1. The fourth-order valence-corrected chi connectivity index (χ4v) is 2.09. The Kier molecular flexibility index (Phi) is 4.32. The molecule has 4 heteroatoms. The van der Waals surface area contributed by atoms with E-state index in [-0.39, 0.29) is 6.61 Å². The molecule has 0 aliphatic rings. The van der Waals surface area contributed by atoms with Crippen molar-refractivity contribution in [3.05, 3.63) is 46.8 Å². The molecule has 0 aliphatic carbocycles. The van der Waals surface area contributed by atoms with E-state index in [9.17, 15) is 5.11 Å². The molecular formula is C15H21N3O. The highest BCUT2D eigenvalue weighted by molar-refractivity contribution is 5.22. The molecule has 1 aromatic carbocycles. The fraction of sp³-hybridized carbons (Fsp3) is 0.467. The lowest BCUT2D eigenvalue weighted by molar-refractivity contribution is 0.275. The van der Waals surface area contributed by atoms with Crippen LogP contribution in [0.2, 0.25) is 0 Å². The zero-order valence-corrected chi connectivity index (χ0v) is 11.8. The quantitative estimate of drug-likeness (QED) is 0.896. The van der Waals surface area contributed by atoms with Crippen molar-refractivity contribution in [3.63, 3.8) is 0 Å². The third kappa shape index (κ3) is 3.41. The van der Waals surface area contributed by atoms with Gasteiger partial charge in [-0.2, -0.15) is 0 Å². The predicted molar refractivity (Wildman–Crippen MR) is 74.8 cm³/mol. The first-order chi connectivity index (χ1) is 9.10. The van der Waals surface area contributed by atoms with E-state index < -0.39 is 0 Å². The highest BCUT2D eigenvalue weighted by Gasteiger charge is 2.13. The number of benzene rings is 1. The van der Waals surface area contributed by atoms with Crippen LogP contribution in [0.5, 0.6) is 0 Å². The molecule has 102 valence electrons. The highest BCUT2D eigenvalue weighted by atomic mass is 16.3. The Bertz CT molecular complexity index is 529. The van der Waals surface area contributed by atoms with Gasteiger partial charge in [-0.05, 0) is 24.8 Å². The van der Waals surface area contributed by atoms with Crippen LogP contribution in [0.4, 0.5) is 0 Å². The number of aryl methyl sites for hydroxylation is 1. The molecule has 0 aliphatic heterocycles. The summed E-state index contributed by atoms with van der Waals surface area (Å²) in [5.74, 6) is 0.514. The Morgan fingerprint density at radius 1 is 1.21 bits per heavy atom. The topological polar surface area (TPSA) is 50.9 Å². The lowest BCUT2D eigenvalue weighted by Crippen LogP contribution is -2.10. The molecule has 19 heavy (non-hydrogen) atoms. The summed E-state index contributed by atoms with van der Waals surface area (Å²) in [6, 6.07) is 8.41. The fourth-order valence-electron chi connectivity index (χ4n) is 2.09. The van der Waals surface area contributed by atoms with Gasteiger partial charge in [0, 0.05) is 0 Å². The van der Waals surface area contributed by atoms with Crippen molar-refractivity contribution in [2.24, 2.45) is 5.92 Å². The molecule has 1 aromatic heterocycles. The van der Waals surface area contributed by atoms with Crippen LogP contribution in [0, 0.1) is 12.8 Å². The van der Waals surface area contributed by atoms with Gasteiger partial charge in [0.1, 0.15) is 5.69 Å². The van der Waals surface area contributed by atoms with Gasteiger partial charge in [-0.25, -0.2) is 4.68 Å². The minimum Gasteiger partial charge on any atom is -0.390 e. The Labute approximate surface area is 114 Å². The maximum atomic E-state index is 9.33. The lowest BCUT2D eigenvalue weighted by atomic mass is 10.1. The van der Waals surface area contributed by atoms with E-state index in [0.29, 0.717) is 18.2 Å². The summed E-state index contributed by atoms with van der Waals surface area (Å²) < 4.78 is 1.90. The normalized spacial score (nSPS) is 11.2. The van der Waals surface area contributed by atoms with Gasteiger partial charge in [-0.3, -0.25) is 0 Å². The van der Waals surface area contributed by atoms with E-state index in [1.165, 1.54) is 11.1 Å². The number of aromatic nitrogens is 3. The van der Waals surface area contributed by atoms with E-state index in [1.807, 2.05) is 4.68 Å². The average Bonchev–Trinajstić information content (AvgIpc) is 2.74. The standard InChI is InChI=1S/C15H21N3O/c1-11(2)8-15-14(10-19)16-17-18(15)9-13-6-4-12(3)5-7-13/h4-7,11,19H,8-10H2,1-3H3. The molecular weight excluding hydrogens is 238 g/mol. The molecule has 0 atom stereocenters. The van der Waals surface area contributed by atoms with Crippen LogP contribution in [-0.2, 0) is 19.6 Å². The van der Waals surface area contributed by atoms with E-state index in [0.717, 1.165) is 12.1 Å². The predicted octanol–water partition coefficient (Wildman–Crippen LogP) is 2.33. The summed E-state index contributed by atoms with van der Waals surface area (Å²) in [4.78, 5) is 0. The zero-order chi connectivity index (χ0) is 13.8. The molecule has 0 radical (unpaired) electrons. The highest BCUT2D eigenvalue weighted by Crippen LogP contribution is 2.14. The van der Waals surface area contributed by atoms with Crippen LogP contribution in [0.1, 0.15) is 36.4 Å². The maximum absolute atomic E-state index is 9.33. The van der Waals surface area contributed by atoms with Crippen molar-refractivity contribution in [1.82, 2.24) is 15.0 Å². The van der Waals surface area contributed by atoms with E-state index >= 15 is 0 Å². The summed E-state index contributed by atoms with van der Waals surface area (Å²) in [5.41, 5.74) is 4.18. The van der Waals surface area contributed by atoms with Gasteiger partial charge in [-0.15, -0.1) is 5.10 Å². The molecule has 0 bridgehead atoms. The second kappa shape index (κ2) is 5.97. The molecule has 0 saturated heterocycles. The number of aliphatic hydroxyl groups is 1. The Hall–Kier alpha value is -1.68. The van der Waals surface area contributed by atoms with Crippen molar-refractivity contribution >= 4 is 0 Å². The summed E-state index contributed by atoms with van der Waals surface area (Å²) in [6.07, 6.45) is 0.884. The van der Waals surface area contributed by atoms with Crippen LogP contribution in [0.15, 0.2) is 24.3 Å². The van der Waals surface area contributed by atoms with Crippen molar-refractivity contribution in [1.29, 1.82) is 0 Å². The van der Waals surface area contributed by atoms with Gasteiger partial charge in [-0.1, -0.05) is 48.9 Å². The van der Waals surface area contributed by atoms with E-state index in [2.05, 4.69) is 55.3 Å². The first-order valence-corrected chi connectivity index (χ1v) is 6.67. The Balaban J connectivity index is 2.24. The number of hydrogen-bond acceptors (Lipinski definition) is 3. The molecule has 4 nitrogen and oxygen atoms in total. The largest absolute Gasteiger partial charge is 0.390 e. The van der Waals surface area contributed by atoms with Gasteiger partial charge >= 0.3 is 0 Å². The van der Waals surface area contributed by atoms with Gasteiger partial charge in [0.15, 0.2) is 0 Å². The van der Waals surface area contributed by atoms with Gasteiger partial charge < -0.3 is 5.11 Å². The summed E-state index contributed by atoms with van der Waals surface area (Å²) >= 11 is 0. The van der Waals surface area contributed by atoms with Crippen molar-refractivity contribution < 1.29 is 5.11 Å². The first-order valence-electron chi connectivity index (χ1n) is 6.67. The van der Waals surface area contributed by atoms with Crippen LogP contribution < -0.4 is 0 Å². The molecule has 1 heterocycles. The van der Waals surface area contributed by atoms with Crippen molar-refractivity contribution in [2.45, 2.75) is 40.3 Å². The van der Waals surface area contributed by atoms with Gasteiger partial charge in [0.2, 0.25) is 0 Å². The van der Waals surface area contributed by atoms with Crippen LogP contribution >= 0.6 is 0 Å². The van der Waals surface area contributed by atoms with Crippen molar-refractivity contribution in [2.75, 3.05) is 0 Å². The lowest BCUT2D eigenvalue weighted by Gasteiger charge is -2.10. The average molecular weight is 259 g/mol. The van der Waals surface area contributed by atoms with E-state index in [1.54, 1.807) is 0 Å². The van der Waals surface area contributed by atoms with Gasteiger partial charge in [0.25, 0.3) is 0 Å². The third-order valence-corrected chi connectivity index (χ3v) is 3.12. The number of nitrogens with zero attached hydrogens (tertiary/aromatic N) is 3. The summed E-state index contributed by atoms with van der Waals surface area (Å²) in [6.45, 7) is 7.05. The smallest absolute Gasteiger partial charge is 0.111 e. The van der Waals surface area contributed by atoms with Crippen LogP contribution in [0.3, 0.4) is 0 Å². The Morgan fingerprint density at radius 2 is 1.89 bits per heavy atom. The molecule has 2 aromatic rings. The molecule has 2 rings (SSSR count). The summed E-state index contributed by atoms with van der Waals surface area (Å²) in [5, 5.41) is 17.6. The Morgan fingerprint density at radius 3 is 2.47 bits per heavy atom. The van der Waals surface area contributed by atoms with Crippen molar-refractivity contribution in [3.8, 4) is 0 Å². The molecule has 0 saturated carbocycles. The second-order valence-corrected chi connectivity index (χ2v) is 5.38. The maximum Gasteiger partial charge on any atom is 0.111 e. The van der Waals surface area contributed by atoms with Gasteiger partial charge in [0.05, 0.1) is 18.8 Å². The minimum absolute atomic E-state index is 0.0457. The minimum atomic E-state index is -0.0457. The zero-order valence-electron chi connectivity index (χ0n) is 11.8. The third-order valence-electron chi connectivity index (χ3n) is 3.12. The van der Waals surface area contributed by atoms with Crippen LogP contribution in [0.25, 0.3) is 0 Å². The number of hydrogen-bond donors (Lipinski definition) is 1. The molecule has 0 unspecified atom stereocenters. The van der Waals surface area contributed by atoms with E-state index in [4.69, 9.17) is 0 Å². The number of rotatable bonds is 5. The molecule has 0 fully saturated rings. The summed E-state index contributed by atoms with van der Waals surface area (Å²) in [7, 11) is 0. The van der Waals surface area contributed by atoms with Crippen LogP contribution in [-0.4, -0.2) is 20.1 Å².